The third-order valence-corrected chi connectivity index (χ3v) is 2.59. The van der Waals surface area contributed by atoms with Gasteiger partial charge in [0.05, 0.1) is 11.4 Å². The first-order chi connectivity index (χ1) is 8.49. The van der Waals surface area contributed by atoms with Crippen LogP contribution in [0.25, 0.3) is 0 Å². The molecule has 0 aliphatic carbocycles. The number of rotatable bonds is 2. The molecule has 2 aromatic rings. The lowest BCUT2D eigenvalue weighted by molar-refractivity contribution is 0.549. The minimum Gasteiger partial charge on any atom is -0.397 e. The van der Waals surface area contributed by atoms with Gasteiger partial charge in [-0.15, -0.1) is 0 Å². The fraction of sp³-hybridized carbons (Fsp3) is 0.0769. The van der Waals surface area contributed by atoms with E-state index in [0.717, 1.165) is 5.56 Å². The molecule has 0 bridgehead atoms. The van der Waals surface area contributed by atoms with E-state index in [2.05, 4.69) is 5.32 Å². The van der Waals surface area contributed by atoms with Crippen LogP contribution in [0.15, 0.2) is 30.3 Å². The second-order valence-electron chi connectivity index (χ2n) is 3.91. The Balaban J connectivity index is 2.43. The van der Waals surface area contributed by atoms with Crippen molar-refractivity contribution in [3.05, 3.63) is 53.3 Å². The van der Waals surface area contributed by atoms with E-state index < -0.39 is 23.1 Å². The molecule has 0 amide bonds. The van der Waals surface area contributed by atoms with Gasteiger partial charge in [0.1, 0.15) is 11.5 Å². The molecular weight excluding hydrogens is 241 g/mol. The van der Waals surface area contributed by atoms with Crippen LogP contribution in [0, 0.1) is 24.4 Å². The van der Waals surface area contributed by atoms with Crippen LogP contribution in [-0.4, -0.2) is 0 Å². The lowest BCUT2D eigenvalue weighted by atomic mass is 10.1. The third kappa shape index (κ3) is 2.25. The summed E-state index contributed by atoms with van der Waals surface area (Å²) in [5.74, 6) is -2.98. The molecule has 0 saturated heterocycles. The largest absolute Gasteiger partial charge is 0.397 e. The lowest BCUT2D eigenvalue weighted by Crippen LogP contribution is -2.02. The molecular formula is C13H11F3N2. The van der Waals surface area contributed by atoms with Gasteiger partial charge in [0, 0.05) is 12.1 Å². The highest BCUT2D eigenvalue weighted by atomic mass is 19.1. The van der Waals surface area contributed by atoms with E-state index in [1.165, 1.54) is 0 Å². The molecule has 3 N–H and O–H groups in total. The molecule has 0 aliphatic heterocycles. The molecule has 2 rings (SSSR count). The van der Waals surface area contributed by atoms with Crippen molar-refractivity contribution in [1.29, 1.82) is 0 Å². The molecule has 0 unspecified atom stereocenters. The Labute approximate surface area is 102 Å². The summed E-state index contributed by atoms with van der Waals surface area (Å²) in [4.78, 5) is 0. The van der Waals surface area contributed by atoms with Crippen LogP contribution in [-0.2, 0) is 0 Å². The van der Waals surface area contributed by atoms with E-state index in [-0.39, 0.29) is 0 Å². The SMILES string of the molecule is Cc1cccc(Nc2c(F)cc(F)cc2F)c1N. The fourth-order valence-corrected chi connectivity index (χ4v) is 1.59. The molecule has 0 saturated carbocycles. The number of nitrogens with one attached hydrogen (secondary N) is 1. The maximum absolute atomic E-state index is 13.4. The molecule has 18 heavy (non-hydrogen) atoms. The van der Waals surface area contributed by atoms with Crippen LogP contribution in [0.1, 0.15) is 5.56 Å². The maximum Gasteiger partial charge on any atom is 0.152 e. The summed E-state index contributed by atoms with van der Waals surface area (Å²) in [6.07, 6.45) is 0. The van der Waals surface area contributed by atoms with Crippen LogP contribution in [0.2, 0.25) is 0 Å². The summed E-state index contributed by atoms with van der Waals surface area (Å²) in [7, 11) is 0. The second-order valence-corrected chi connectivity index (χ2v) is 3.91. The number of nitrogens with two attached hydrogens (primary N) is 1. The van der Waals surface area contributed by atoms with Gasteiger partial charge in [0.15, 0.2) is 11.6 Å². The number of benzene rings is 2. The van der Waals surface area contributed by atoms with E-state index in [0.29, 0.717) is 23.5 Å². The Hall–Kier alpha value is -2.17. The molecule has 0 spiro atoms. The molecule has 2 aromatic carbocycles. The van der Waals surface area contributed by atoms with E-state index in [4.69, 9.17) is 5.73 Å². The van der Waals surface area contributed by atoms with Gasteiger partial charge in [-0.2, -0.15) is 0 Å². The molecule has 94 valence electrons. The van der Waals surface area contributed by atoms with E-state index in [1.54, 1.807) is 25.1 Å². The fourth-order valence-electron chi connectivity index (χ4n) is 1.59. The third-order valence-electron chi connectivity index (χ3n) is 2.59. The molecule has 0 aromatic heterocycles. The highest BCUT2D eigenvalue weighted by Crippen LogP contribution is 2.29. The van der Waals surface area contributed by atoms with Crippen molar-refractivity contribution in [2.45, 2.75) is 6.92 Å². The Morgan fingerprint density at radius 3 is 2.28 bits per heavy atom. The highest BCUT2D eigenvalue weighted by Gasteiger charge is 2.13. The Kier molecular flexibility index (Phi) is 3.14. The van der Waals surface area contributed by atoms with Gasteiger partial charge in [-0.3, -0.25) is 0 Å². The molecule has 2 nitrogen and oxygen atoms in total. The number of anilines is 3. The number of hydrogen-bond donors (Lipinski definition) is 2. The predicted molar refractivity (Wildman–Crippen MR) is 65.2 cm³/mol. The standard InChI is InChI=1S/C13H11F3N2/c1-7-3-2-4-11(12(7)17)18-13-9(15)5-8(14)6-10(13)16/h2-6,18H,17H2,1H3. The summed E-state index contributed by atoms with van der Waals surface area (Å²) < 4.78 is 39.6. The predicted octanol–water partition coefficient (Wildman–Crippen LogP) is 3.74. The van der Waals surface area contributed by atoms with Crippen molar-refractivity contribution >= 4 is 17.1 Å². The summed E-state index contributed by atoms with van der Waals surface area (Å²) in [6, 6.07) is 6.28. The summed E-state index contributed by atoms with van der Waals surface area (Å²) in [6.45, 7) is 1.78. The van der Waals surface area contributed by atoms with Crippen molar-refractivity contribution < 1.29 is 13.2 Å². The van der Waals surface area contributed by atoms with Gasteiger partial charge in [-0.25, -0.2) is 13.2 Å². The Morgan fingerprint density at radius 1 is 1.06 bits per heavy atom. The van der Waals surface area contributed by atoms with E-state index >= 15 is 0 Å². The van der Waals surface area contributed by atoms with Crippen LogP contribution >= 0.6 is 0 Å². The Bertz CT molecular complexity index is 574. The second kappa shape index (κ2) is 4.60. The molecule has 0 heterocycles. The molecule has 5 heteroatoms. The molecule has 0 atom stereocenters. The van der Waals surface area contributed by atoms with Gasteiger partial charge >= 0.3 is 0 Å². The number of hydrogen-bond acceptors (Lipinski definition) is 2. The average molecular weight is 252 g/mol. The minimum absolute atomic E-state index is 0.374. The van der Waals surface area contributed by atoms with Gasteiger partial charge in [-0.05, 0) is 18.6 Å². The quantitative estimate of drug-likeness (QED) is 0.799. The van der Waals surface area contributed by atoms with Crippen LogP contribution in [0.4, 0.5) is 30.2 Å². The smallest absolute Gasteiger partial charge is 0.152 e. The number of para-hydroxylation sites is 1. The van der Waals surface area contributed by atoms with Gasteiger partial charge in [0.2, 0.25) is 0 Å². The van der Waals surface area contributed by atoms with Crippen LogP contribution < -0.4 is 11.1 Å². The summed E-state index contributed by atoms with van der Waals surface area (Å²) in [5, 5.41) is 2.54. The monoisotopic (exact) mass is 252 g/mol. The van der Waals surface area contributed by atoms with Gasteiger partial charge in [-0.1, -0.05) is 12.1 Å². The van der Waals surface area contributed by atoms with Crippen LogP contribution in [0.5, 0.6) is 0 Å². The molecule has 0 radical (unpaired) electrons. The van der Waals surface area contributed by atoms with Gasteiger partial charge in [0.25, 0.3) is 0 Å². The zero-order valence-electron chi connectivity index (χ0n) is 9.60. The highest BCUT2D eigenvalue weighted by molar-refractivity contribution is 5.75. The van der Waals surface area contributed by atoms with Crippen molar-refractivity contribution in [3.8, 4) is 0 Å². The molecule has 0 aliphatic rings. The zero-order chi connectivity index (χ0) is 13.3. The lowest BCUT2D eigenvalue weighted by Gasteiger charge is -2.12. The van der Waals surface area contributed by atoms with Crippen molar-refractivity contribution in [2.75, 3.05) is 11.1 Å². The Morgan fingerprint density at radius 2 is 1.67 bits per heavy atom. The minimum atomic E-state index is -1.01. The maximum atomic E-state index is 13.4. The summed E-state index contributed by atoms with van der Waals surface area (Å²) >= 11 is 0. The average Bonchev–Trinajstić information content (AvgIpc) is 2.28. The first-order valence-corrected chi connectivity index (χ1v) is 5.25. The first kappa shape index (κ1) is 12.3. The first-order valence-electron chi connectivity index (χ1n) is 5.25. The van der Waals surface area contributed by atoms with E-state index in [1.807, 2.05) is 0 Å². The van der Waals surface area contributed by atoms with Crippen molar-refractivity contribution in [2.24, 2.45) is 0 Å². The topological polar surface area (TPSA) is 38.0 Å². The van der Waals surface area contributed by atoms with Gasteiger partial charge < -0.3 is 11.1 Å². The zero-order valence-corrected chi connectivity index (χ0v) is 9.60. The summed E-state index contributed by atoms with van der Waals surface area (Å²) in [5.41, 5.74) is 6.90. The number of aryl methyl sites for hydroxylation is 1. The normalized spacial score (nSPS) is 10.4. The molecule has 0 fully saturated rings. The van der Waals surface area contributed by atoms with Crippen LogP contribution in [0.3, 0.4) is 0 Å². The van der Waals surface area contributed by atoms with E-state index in [9.17, 15) is 13.2 Å². The number of halogens is 3. The number of nitrogen functional groups attached to an aromatic ring is 1. The van der Waals surface area contributed by atoms with Crippen molar-refractivity contribution in [1.82, 2.24) is 0 Å². The van der Waals surface area contributed by atoms with Crippen molar-refractivity contribution in [3.63, 3.8) is 0 Å².